The Kier molecular flexibility index (Phi) is 5.70. The van der Waals surface area contributed by atoms with Crippen molar-refractivity contribution in [2.24, 2.45) is 29.4 Å². The number of hydrogen-bond acceptors (Lipinski definition) is 2. The van der Waals surface area contributed by atoms with E-state index in [4.69, 9.17) is 5.73 Å². The van der Waals surface area contributed by atoms with Crippen molar-refractivity contribution in [1.29, 1.82) is 0 Å². The molecule has 2 saturated carbocycles. The quantitative estimate of drug-likeness (QED) is 0.816. The standard InChI is InChI=1S/C17H34N2/c1-12(2)15-9-8-13(3)10-17(15)19-16-7-5-4-6-14(16)11-18/h12-17,19H,4-11,18H2,1-3H3. The number of nitrogens with two attached hydrogens (primary N) is 1. The van der Waals surface area contributed by atoms with E-state index in [1.807, 2.05) is 0 Å². The molecule has 2 fully saturated rings. The summed E-state index contributed by atoms with van der Waals surface area (Å²) in [5, 5.41) is 4.04. The highest BCUT2D eigenvalue weighted by Gasteiger charge is 2.34. The van der Waals surface area contributed by atoms with E-state index in [1.54, 1.807) is 0 Å². The summed E-state index contributed by atoms with van der Waals surface area (Å²) in [4.78, 5) is 0. The van der Waals surface area contributed by atoms with Crippen LogP contribution in [0.5, 0.6) is 0 Å². The Balaban J connectivity index is 1.97. The lowest BCUT2D eigenvalue weighted by Crippen LogP contribution is -2.51. The van der Waals surface area contributed by atoms with Crippen molar-refractivity contribution >= 4 is 0 Å². The fourth-order valence-corrected chi connectivity index (χ4v) is 4.38. The molecule has 2 nitrogen and oxygen atoms in total. The van der Waals surface area contributed by atoms with Gasteiger partial charge in [-0.15, -0.1) is 0 Å². The first kappa shape index (κ1) is 15.3. The summed E-state index contributed by atoms with van der Waals surface area (Å²) >= 11 is 0. The van der Waals surface area contributed by atoms with Crippen LogP contribution in [0.25, 0.3) is 0 Å². The van der Waals surface area contributed by atoms with E-state index in [0.717, 1.165) is 36.3 Å². The van der Waals surface area contributed by atoms with Gasteiger partial charge in [-0.2, -0.15) is 0 Å². The van der Waals surface area contributed by atoms with Crippen molar-refractivity contribution in [3.8, 4) is 0 Å². The minimum absolute atomic E-state index is 0.690. The molecular formula is C17H34N2. The summed E-state index contributed by atoms with van der Waals surface area (Å²) in [5.74, 6) is 3.30. The Labute approximate surface area is 119 Å². The Bertz CT molecular complexity index is 264. The second kappa shape index (κ2) is 7.08. The van der Waals surface area contributed by atoms with Gasteiger partial charge in [0.1, 0.15) is 0 Å². The van der Waals surface area contributed by atoms with Crippen molar-refractivity contribution in [1.82, 2.24) is 5.32 Å². The average Bonchev–Trinajstić information content (AvgIpc) is 2.39. The molecule has 0 radical (unpaired) electrons. The molecule has 19 heavy (non-hydrogen) atoms. The third-order valence-electron chi connectivity index (χ3n) is 5.66. The molecule has 0 bridgehead atoms. The van der Waals surface area contributed by atoms with Gasteiger partial charge in [-0.05, 0) is 55.9 Å². The molecule has 0 aromatic carbocycles. The van der Waals surface area contributed by atoms with Crippen LogP contribution in [0.1, 0.15) is 65.7 Å². The van der Waals surface area contributed by atoms with Gasteiger partial charge in [0.05, 0.1) is 0 Å². The van der Waals surface area contributed by atoms with E-state index in [-0.39, 0.29) is 0 Å². The molecule has 2 aliphatic rings. The molecule has 2 rings (SSSR count). The summed E-state index contributed by atoms with van der Waals surface area (Å²) in [6, 6.07) is 1.43. The first-order valence-electron chi connectivity index (χ1n) is 8.58. The van der Waals surface area contributed by atoms with Gasteiger partial charge < -0.3 is 11.1 Å². The van der Waals surface area contributed by atoms with Crippen LogP contribution in [0.3, 0.4) is 0 Å². The monoisotopic (exact) mass is 266 g/mol. The molecule has 0 aliphatic heterocycles. The molecule has 2 heteroatoms. The molecule has 0 heterocycles. The van der Waals surface area contributed by atoms with Crippen molar-refractivity contribution in [3.63, 3.8) is 0 Å². The third kappa shape index (κ3) is 3.95. The van der Waals surface area contributed by atoms with Crippen molar-refractivity contribution in [2.45, 2.75) is 77.8 Å². The van der Waals surface area contributed by atoms with E-state index in [2.05, 4.69) is 26.1 Å². The van der Waals surface area contributed by atoms with Gasteiger partial charge in [0, 0.05) is 12.1 Å². The highest BCUT2D eigenvalue weighted by molar-refractivity contribution is 4.90. The fraction of sp³-hybridized carbons (Fsp3) is 1.00. The van der Waals surface area contributed by atoms with E-state index >= 15 is 0 Å². The number of nitrogens with one attached hydrogen (secondary N) is 1. The SMILES string of the molecule is CC1CCC(C(C)C)C(NC2CCCCC2CN)C1. The van der Waals surface area contributed by atoms with Gasteiger partial charge in [0.25, 0.3) is 0 Å². The van der Waals surface area contributed by atoms with Crippen LogP contribution in [-0.2, 0) is 0 Å². The molecule has 0 spiro atoms. The van der Waals surface area contributed by atoms with Crippen molar-refractivity contribution in [2.75, 3.05) is 6.54 Å². The zero-order valence-electron chi connectivity index (χ0n) is 13.2. The maximum absolute atomic E-state index is 5.98. The predicted molar refractivity (Wildman–Crippen MR) is 83.1 cm³/mol. The first-order chi connectivity index (χ1) is 9.11. The number of rotatable bonds is 4. The third-order valence-corrected chi connectivity index (χ3v) is 5.66. The summed E-state index contributed by atoms with van der Waals surface area (Å²) < 4.78 is 0. The first-order valence-corrected chi connectivity index (χ1v) is 8.58. The van der Waals surface area contributed by atoms with Crippen LogP contribution in [-0.4, -0.2) is 18.6 Å². The molecule has 5 atom stereocenters. The van der Waals surface area contributed by atoms with Crippen molar-refractivity contribution in [3.05, 3.63) is 0 Å². The van der Waals surface area contributed by atoms with E-state index in [9.17, 15) is 0 Å². The van der Waals surface area contributed by atoms with Gasteiger partial charge in [-0.25, -0.2) is 0 Å². The maximum atomic E-state index is 5.98. The van der Waals surface area contributed by atoms with Gasteiger partial charge in [0.2, 0.25) is 0 Å². The molecule has 112 valence electrons. The van der Waals surface area contributed by atoms with Crippen LogP contribution in [0, 0.1) is 23.7 Å². The summed E-state index contributed by atoms with van der Waals surface area (Å²) in [6.07, 6.45) is 9.66. The van der Waals surface area contributed by atoms with Crippen LogP contribution < -0.4 is 11.1 Å². The average molecular weight is 266 g/mol. The highest BCUT2D eigenvalue weighted by Crippen LogP contribution is 2.35. The number of hydrogen-bond donors (Lipinski definition) is 2. The smallest absolute Gasteiger partial charge is 0.0110 e. The van der Waals surface area contributed by atoms with Crippen molar-refractivity contribution < 1.29 is 0 Å². The topological polar surface area (TPSA) is 38.0 Å². The molecule has 0 aromatic heterocycles. The van der Waals surface area contributed by atoms with E-state index < -0.39 is 0 Å². The predicted octanol–water partition coefficient (Wildman–Crippen LogP) is 3.55. The van der Waals surface area contributed by atoms with Gasteiger partial charge in [-0.3, -0.25) is 0 Å². The molecule has 0 saturated heterocycles. The van der Waals surface area contributed by atoms with Gasteiger partial charge >= 0.3 is 0 Å². The molecular weight excluding hydrogens is 232 g/mol. The van der Waals surface area contributed by atoms with Crippen LogP contribution >= 0.6 is 0 Å². The molecule has 2 aliphatic carbocycles. The molecule has 3 N–H and O–H groups in total. The minimum atomic E-state index is 0.690. The van der Waals surface area contributed by atoms with Gasteiger partial charge in [0.15, 0.2) is 0 Å². The van der Waals surface area contributed by atoms with Crippen LogP contribution in [0.4, 0.5) is 0 Å². The lowest BCUT2D eigenvalue weighted by Gasteiger charge is -2.42. The van der Waals surface area contributed by atoms with Crippen LogP contribution in [0.15, 0.2) is 0 Å². The lowest BCUT2D eigenvalue weighted by molar-refractivity contribution is 0.134. The Morgan fingerprint density at radius 1 is 1.05 bits per heavy atom. The molecule has 0 aromatic rings. The van der Waals surface area contributed by atoms with Gasteiger partial charge in [-0.1, -0.05) is 40.0 Å². The summed E-state index contributed by atoms with van der Waals surface area (Å²) in [7, 11) is 0. The van der Waals surface area contributed by atoms with E-state index in [1.165, 1.54) is 44.9 Å². The summed E-state index contributed by atoms with van der Waals surface area (Å²) in [5.41, 5.74) is 5.98. The van der Waals surface area contributed by atoms with E-state index in [0.29, 0.717) is 6.04 Å². The summed E-state index contributed by atoms with van der Waals surface area (Å²) in [6.45, 7) is 8.09. The lowest BCUT2D eigenvalue weighted by atomic mass is 9.73. The minimum Gasteiger partial charge on any atom is -0.330 e. The Hall–Kier alpha value is -0.0800. The zero-order chi connectivity index (χ0) is 13.8. The maximum Gasteiger partial charge on any atom is 0.0110 e. The molecule has 0 amide bonds. The highest BCUT2D eigenvalue weighted by atomic mass is 15.0. The Morgan fingerprint density at radius 3 is 2.47 bits per heavy atom. The fourth-order valence-electron chi connectivity index (χ4n) is 4.38. The van der Waals surface area contributed by atoms with Crippen LogP contribution in [0.2, 0.25) is 0 Å². The molecule has 5 unspecified atom stereocenters. The Morgan fingerprint density at radius 2 is 1.79 bits per heavy atom. The second-order valence-corrected chi connectivity index (χ2v) is 7.49. The zero-order valence-corrected chi connectivity index (χ0v) is 13.2. The second-order valence-electron chi connectivity index (χ2n) is 7.49. The largest absolute Gasteiger partial charge is 0.330 e. The normalized spacial score (nSPS) is 40.6.